The van der Waals surface area contributed by atoms with E-state index in [1.807, 2.05) is 0 Å². The number of halogens is 1. The van der Waals surface area contributed by atoms with Gasteiger partial charge in [-0.2, -0.15) is 0 Å². The van der Waals surface area contributed by atoms with Crippen LogP contribution in [-0.2, 0) is 0 Å². The Morgan fingerprint density at radius 2 is 2.15 bits per heavy atom. The first-order valence-electron chi connectivity index (χ1n) is 5.61. The zero-order chi connectivity index (χ0) is 8.89. The van der Waals surface area contributed by atoms with E-state index in [-0.39, 0.29) is 0 Å². The summed E-state index contributed by atoms with van der Waals surface area (Å²) in [5.74, 6) is 1.07. The summed E-state index contributed by atoms with van der Waals surface area (Å²) < 4.78 is 0. The van der Waals surface area contributed by atoms with Crippen LogP contribution in [0.5, 0.6) is 0 Å². The highest BCUT2D eigenvalue weighted by molar-refractivity contribution is 9.09. The highest BCUT2D eigenvalue weighted by Gasteiger charge is 2.47. The molecule has 0 radical (unpaired) electrons. The SMILES string of the molecule is BrCC1(CN2CC3CCC2C3)CC1. The molecule has 13 heavy (non-hydrogen) atoms. The van der Waals surface area contributed by atoms with E-state index in [2.05, 4.69) is 20.8 Å². The zero-order valence-electron chi connectivity index (χ0n) is 8.14. The van der Waals surface area contributed by atoms with Crippen molar-refractivity contribution in [1.82, 2.24) is 4.90 Å². The first kappa shape index (κ1) is 8.72. The van der Waals surface area contributed by atoms with E-state index in [4.69, 9.17) is 0 Å². The number of likely N-dealkylation sites (tertiary alicyclic amines) is 1. The van der Waals surface area contributed by atoms with E-state index in [9.17, 15) is 0 Å². The van der Waals surface area contributed by atoms with Crippen molar-refractivity contribution in [3.63, 3.8) is 0 Å². The van der Waals surface area contributed by atoms with Gasteiger partial charge in [-0.25, -0.2) is 0 Å². The molecule has 2 bridgehead atoms. The Morgan fingerprint density at radius 1 is 1.31 bits per heavy atom. The molecular weight excluding hydrogens is 226 g/mol. The molecule has 0 aromatic carbocycles. The molecule has 2 atom stereocenters. The van der Waals surface area contributed by atoms with Gasteiger partial charge in [0.05, 0.1) is 0 Å². The Hall–Kier alpha value is 0.440. The summed E-state index contributed by atoms with van der Waals surface area (Å²) in [6.45, 7) is 2.80. The third-order valence-electron chi connectivity index (χ3n) is 4.30. The summed E-state index contributed by atoms with van der Waals surface area (Å²) in [7, 11) is 0. The van der Waals surface area contributed by atoms with Crippen molar-refractivity contribution < 1.29 is 0 Å². The summed E-state index contributed by atoms with van der Waals surface area (Å²) >= 11 is 3.67. The maximum Gasteiger partial charge on any atom is 0.0100 e. The fraction of sp³-hybridized carbons (Fsp3) is 1.00. The van der Waals surface area contributed by atoms with Crippen LogP contribution in [0.25, 0.3) is 0 Å². The molecule has 2 saturated carbocycles. The minimum atomic E-state index is 0.699. The van der Waals surface area contributed by atoms with Gasteiger partial charge in [-0.15, -0.1) is 0 Å². The molecule has 74 valence electrons. The van der Waals surface area contributed by atoms with Crippen LogP contribution >= 0.6 is 15.9 Å². The predicted octanol–water partition coefficient (Wildman–Crippen LogP) is 2.65. The van der Waals surface area contributed by atoms with Gasteiger partial charge in [-0.1, -0.05) is 15.9 Å². The van der Waals surface area contributed by atoms with Gasteiger partial charge in [0, 0.05) is 24.5 Å². The fourth-order valence-electron chi connectivity index (χ4n) is 3.16. The summed E-state index contributed by atoms with van der Waals surface area (Å²) in [6, 6.07) is 0.974. The van der Waals surface area contributed by atoms with Crippen molar-refractivity contribution in [2.75, 3.05) is 18.4 Å². The topological polar surface area (TPSA) is 3.24 Å². The van der Waals surface area contributed by atoms with Crippen LogP contribution in [0, 0.1) is 11.3 Å². The summed E-state index contributed by atoms with van der Waals surface area (Å²) in [5, 5.41) is 1.23. The van der Waals surface area contributed by atoms with Crippen LogP contribution < -0.4 is 0 Å². The van der Waals surface area contributed by atoms with Crippen LogP contribution in [0.2, 0.25) is 0 Å². The summed E-state index contributed by atoms with van der Waals surface area (Å²) in [5.41, 5.74) is 0.699. The smallest absolute Gasteiger partial charge is 0.0100 e. The molecule has 1 aliphatic heterocycles. The van der Waals surface area contributed by atoms with Crippen molar-refractivity contribution in [1.29, 1.82) is 0 Å². The lowest BCUT2D eigenvalue weighted by atomic mass is 10.1. The molecular formula is C11H18BrN. The lowest BCUT2D eigenvalue weighted by Gasteiger charge is -2.30. The van der Waals surface area contributed by atoms with Crippen molar-refractivity contribution >= 4 is 15.9 Å². The standard InChI is InChI=1S/C11H18BrN/c12-7-11(3-4-11)8-13-6-9-1-2-10(13)5-9/h9-10H,1-8H2. The first-order chi connectivity index (χ1) is 6.31. The lowest BCUT2D eigenvalue weighted by molar-refractivity contribution is 0.181. The molecule has 0 amide bonds. The first-order valence-corrected chi connectivity index (χ1v) is 6.73. The average molecular weight is 244 g/mol. The number of piperidine rings is 1. The van der Waals surface area contributed by atoms with E-state index < -0.39 is 0 Å². The average Bonchev–Trinajstić information content (AvgIpc) is 2.62. The van der Waals surface area contributed by atoms with Gasteiger partial charge in [0.1, 0.15) is 0 Å². The van der Waals surface area contributed by atoms with Crippen LogP contribution in [-0.4, -0.2) is 29.4 Å². The van der Waals surface area contributed by atoms with Crippen molar-refractivity contribution in [3.8, 4) is 0 Å². The van der Waals surface area contributed by atoms with Gasteiger partial charge in [-0.05, 0) is 43.4 Å². The van der Waals surface area contributed by atoms with Crippen LogP contribution in [0.4, 0.5) is 0 Å². The third-order valence-corrected chi connectivity index (χ3v) is 5.49. The molecule has 1 saturated heterocycles. The second kappa shape index (κ2) is 2.96. The van der Waals surface area contributed by atoms with Gasteiger partial charge in [0.25, 0.3) is 0 Å². The van der Waals surface area contributed by atoms with Crippen molar-refractivity contribution in [3.05, 3.63) is 0 Å². The minimum Gasteiger partial charge on any atom is -0.300 e. The van der Waals surface area contributed by atoms with E-state index in [1.165, 1.54) is 50.5 Å². The Balaban J connectivity index is 1.62. The highest BCUT2D eigenvalue weighted by atomic mass is 79.9. The van der Waals surface area contributed by atoms with E-state index in [1.54, 1.807) is 0 Å². The largest absolute Gasteiger partial charge is 0.300 e. The zero-order valence-corrected chi connectivity index (χ0v) is 9.72. The van der Waals surface area contributed by atoms with Gasteiger partial charge in [-0.3, -0.25) is 4.90 Å². The van der Waals surface area contributed by atoms with Crippen molar-refractivity contribution in [2.45, 2.75) is 38.1 Å². The minimum absolute atomic E-state index is 0.699. The second-order valence-corrected chi connectivity index (χ2v) is 5.96. The second-order valence-electron chi connectivity index (χ2n) is 5.40. The van der Waals surface area contributed by atoms with Gasteiger partial charge >= 0.3 is 0 Å². The monoisotopic (exact) mass is 243 g/mol. The van der Waals surface area contributed by atoms with Crippen LogP contribution in [0.1, 0.15) is 32.1 Å². The quantitative estimate of drug-likeness (QED) is 0.690. The molecule has 2 heteroatoms. The fourth-order valence-corrected chi connectivity index (χ4v) is 3.90. The Kier molecular flexibility index (Phi) is 1.99. The number of hydrogen-bond acceptors (Lipinski definition) is 1. The van der Waals surface area contributed by atoms with E-state index in [0.29, 0.717) is 5.41 Å². The molecule has 3 aliphatic rings. The van der Waals surface area contributed by atoms with Gasteiger partial charge in [0.2, 0.25) is 0 Å². The molecule has 1 nitrogen and oxygen atoms in total. The number of nitrogens with zero attached hydrogens (tertiary/aromatic N) is 1. The number of alkyl halides is 1. The Morgan fingerprint density at radius 3 is 2.62 bits per heavy atom. The number of rotatable bonds is 3. The van der Waals surface area contributed by atoms with E-state index in [0.717, 1.165) is 12.0 Å². The molecule has 0 spiro atoms. The van der Waals surface area contributed by atoms with Gasteiger partial charge in [0.15, 0.2) is 0 Å². The molecule has 3 rings (SSSR count). The Bertz CT molecular complexity index is 212. The van der Waals surface area contributed by atoms with Gasteiger partial charge < -0.3 is 0 Å². The van der Waals surface area contributed by atoms with Crippen molar-refractivity contribution in [2.24, 2.45) is 11.3 Å². The Labute approximate surface area is 89.0 Å². The molecule has 0 N–H and O–H groups in total. The molecule has 2 unspecified atom stereocenters. The maximum atomic E-state index is 3.67. The maximum absolute atomic E-state index is 3.67. The molecule has 2 aliphatic carbocycles. The molecule has 1 heterocycles. The number of hydrogen-bond donors (Lipinski definition) is 0. The number of fused-ring (bicyclic) bond motifs is 2. The predicted molar refractivity (Wildman–Crippen MR) is 58.2 cm³/mol. The van der Waals surface area contributed by atoms with E-state index >= 15 is 0 Å². The summed E-state index contributed by atoms with van der Waals surface area (Å²) in [4.78, 5) is 2.78. The highest BCUT2D eigenvalue weighted by Crippen LogP contribution is 2.50. The summed E-state index contributed by atoms with van der Waals surface area (Å²) in [6.07, 6.45) is 7.45. The molecule has 0 aromatic heterocycles. The van der Waals surface area contributed by atoms with Crippen LogP contribution in [0.15, 0.2) is 0 Å². The third kappa shape index (κ3) is 1.46. The van der Waals surface area contributed by atoms with Crippen LogP contribution in [0.3, 0.4) is 0 Å². The molecule has 0 aromatic rings. The molecule has 3 fully saturated rings. The lowest BCUT2D eigenvalue weighted by Crippen LogP contribution is -2.37. The normalized spacial score (nSPS) is 41.3.